The maximum absolute atomic E-state index is 11.8. The molecule has 1 fully saturated rings. The molecule has 0 atom stereocenters. The van der Waals surface area contributed by atoms with Gasteiger partial charge in [-0.05, 0) is 25.9 Å². The van der Waals surface area contributed by atoms with Gasteiger partial charge in [-0.2, -0.15) is 0 Å². The van der Waals surface area contributed by atoms with Gasteiger partial charge in [-0.25, -0.2) is 4.98 Å². The van der Waals surface area contributed by atoms with Crippen LogP contribution in [0.4, 0.5) is 0 Å². The molecule has 0 bridgehead atoms. The van der Waals surface area contributed by atoms with Crippen molar-refractivity contribution < 1.29 is 4.79 Å². The average Bonchev–Trinajstić information content (AvgIpc) is 2.83. The van der Waals surface area contributed by atoms with Crippen LogP contribution >= 0.6 is 0 Å². The summed E-state index contributed by atoms with van der Waals surface area (Å²) < 4.78 is 0. The van der Waals surface area contributed by atoms with Gasteiger partial charge in [0.15, 0.2) is 0 Å². The van der Waals surface area contributed by atoms with E-state index >= 15 is 0 Å². The van der Waals surface area contributed by atoms with Crippen molar-refractivity contribution in [1.82, 2.24) is 20.2 Å². The van der Waals surface area contributed by atoms with Crippen LogP contribution in [0.25, 0.3) is 0 Å². The number of likely N-dealkylation sites (tertiary alicyclic amines) is 1. The van der Waals surface area contributed by atoms with E-state index in [9.17, 15) is 4.79 Å². The lowest BCUT2D eigenvalue weighted by atomic mass is 10.1. The van der Waals surface area contributed by atoms with Crippen molar-refractivity contribution in [1.29, 1.82) is 0 Å². The molecule has 2 rings (SSSR count). The molecule has 0 aromatic carbocycles. The summed E-state index contributed by atoms with van der Waals surface area (Å²) in [5, 5.41) is 2.89. The number of hydrogen-bond donors (Lipinski definition) is 2. The first-order valence-electron chi connectivity index (χ1n) is 6.82. The van der Waals surface area contributed by atoms with E-state index in [0.29, 0.717) is 13.1 Å². The summed E-state index contributed by atoms with van der Waals surface area (Å²) in [4.78, 5) is 21.1. The molecule has 1 aromatic heterocycles. The summed E-state index contributed by atoms with van der Waals surface area (Å²) in [6, 6.07) is 0. The molecule has 1 aromatic rings. The number of rotatable bonds is 4. The number of nitrogens with one attached hydrogen (secondary N) is 2. The second kappa shape index (κ2) is 7.16. The van der Waals surface area contributed by atoms with Crippen LogP contribution < -0.4 is 5.32 Å². The molecule has 0 unspecified atom stereocenters. The van der Waals surface area contributed by atoms with E-state index in [1.165, 1.54) is 32.1 Å². The van der Waals surface area contributed by atoms with Crippen molar-refractivity contribution in [3.63, 3.8) is 0 Å². The second-order valence-corrected chi connectivity index (χ2v) is 4.86. The number of amides is 1. The molecule has 0 radical (unpaired) electrons. The molecular formula is C13H22N4O. The van der Waals surface area contributed by atoms with Crippen LogP contribution in [0.1, 0.15) is 37.9 Å². The standard InChI is InChI=1S/C13H22N4O/c18-13(16-10-12-14-6-7-15-12)11-17-8-4-2-1-3-5-9-17/h6-7H,1-5,8-11H2,(H,14,15)(H,16,18). The fourth-order valence-electron chi connectivity index (χ4n) is 2.31. The number of hydrogen-bond acceptors (Lipinski definition) is 3. The third-order valence-electron chi connectivity index (χ3n) is 3.32. The Balaban J connectivity index is 1.68. The molecular weight excluding hydrogens is 228 g/mol. The number of aromatic amines is 1. The Bertz CT molecular complexity index is 342. The number of carbonyl (C=O) groups is 1. The maximum atomic E-state index is 11.8. The third-order valence-corrected chi connectivity index (χ3v) is 3.32. The van der Waals surface area contributed by atoms with Gasteiger partial charge >= 0.3 is 0 Å². The van der Waals surface area contributed by atoms with E-state index in [4.69, 9.17) is 0 Å². The topological polar surface area (TPSA) is 61.0 Å². The van der Waals surface area contributed by atoms with Crippen LogP contribution in [0.5, 0.6) is 0 Å². The predicted octanol–water partition coefficient (Wildman–Crippen LogP) is 1.29. The molecule has 0 aliphatic carbocycles. The molecule has 100 valence electrons. The zero-order valence-electron chi connectivity index (χ0n) is 10.8. The monoisotopic (exact) mass is 250 g/mol. The second-order valence-electron chi connectivity index (χ2n) is 4.86. The molecule has 1 amide bonds. The predicted molar refractivity (Wildman–Crippen MR) is 70.0 cm³/mol. The lowest BCUT2D eigenvalue weighted by Gasteiger charge is -2.23. The number of nitrogens with zero attached hydrogens (tertiary/aromatic N) is 2. The minimum atomic E-state index is 0.0898. The minimum absolute atomic E-state index is 0.0898. The first kappa shape index (κ1) is 13.1. The SMILES string of the molecule is O=C(CN1CCCCCCC1)NCc1ncc[nH]1. The highest BCUT2D eigenvalue weighted by atomic mass is 16.2. The van der Waals surface area contributed by atoms with Crippen LogP contribution in [0.3, 0.4) is 0 Å². The summed E-state index contributed by atoms with van der Waals surface area (Å²) in [5.74, 6) is 0.892. The van der Waals surface area contributed by atoms with E-state index in [1.54, 1.807) is 12.4 Å². The quantitative estimate of drug-likeness (QED) is 0.846. The van der Waals surface area contributed by atoms with Gasteiger partial charge in [-0.3, -0.25) is 9.69 Å². The van der Waals surface area contributed by atoms with Crippen molar-refractivity contribution in [3.8, 4) is 0 Å². The molecule has 1 aliphatic rings. The molecule has 18 heavy (non-hydrogen) atoms. The molecule has 5 heteroatoms. The highest BCUT2D eigenvalue weighted by Crippen LogP contribution is 2.09. The smallest absolute Gasteiger partial charge is 0.234 e. The van der Waals surface area contributed by atoms with Crippen molar-refractivity contribution in [2.24, 2.45) is 0 Å². The Morgan fingerprint density at radius 3 is 2.67 bits per heavy atom. The van der Waals surface area contributed by atoms with Crippen LogP contribution in [0.2, 0.25) is 0 Å². The number of imidazole rings is 1. The van der Waals surface area contributed by atoms with Gasteiger partial charge < -0.3 is 10.3 Å². The molecule has 5 nitrogen and oxygen atoms in total. The first-order valence-corrected chi connectivity index (χ1v) is 6.82. The molecule has 0 saturated carbocycles. The first-order chi connectivity index (χ1) is 8.84. The largest absolute Gasteiger partial charge is 0.348 e. The van der Waals surface area contributed by atoms with Crippen molar-refractivity contribution in [3.05, 3.63) is 18.2 Å². The van der Waals surface area contributed by atoms with E-state index in [-0.39, 0.29) is 5.91 Å². The van der Waals surface area contributed by atoms with Crippen molar-refractivity contribution >= 4 is 5.91 Å². The molecule has 1 saturated heterocycles. The Labute approximate surface area is 108 Å². The lowest BCUT2D eigenvalue weighted by molar-refractivity contribution is -0.122. The molecule has 0 spiro atoms. The Hall–Kier alpha value is -1.36. The Morgan fingerprint density at radius 2 is 2.00 bits per heavy atom. The minimum Gasteiger partial charge on any atom is -0.348 e. The fourth-order valence-corrected chi connectivity index (χ4v) is 2.31. The molecule has 2 N–H and O–H groups in total. The van der Waals surface area contributed by atoms with E-state index in [1.807, 2.05) is 0 Å². The zero-order valence-corrected chi connectivity index (χ0v) is 10.8. The van der Waals surface area contributed by atoms with Crippen molar-refractivity contribution in [2.75, 3.05) is 19.6 Å². The summed E-state index contributed by atoms with van der Waals surface area (Å²) in [5.41, 5.74) is 0. The van der Waals surface area contributed by atoms with Gasteiger partial charge in [-0.15, -0.1) is 0 Å². The van der Waals surface area contributed by atoms with E-state index in [0.717, 1.165) is 18.9 Å². The van der Waals surface area contributed by atoms with Crippen LogP contribution in [0.15, 0.2) is 12.4 Å². The Morgan fingerprint density at radius 1 is 1.28 bits per heavy atom. The Kier molecular flexibility index (Phi) is 5.20. The van der Waals surface area contributed by atoms with Gasteiger partial charge in [0.25, 0.3) is 0 Å². The van der Waals surface area contributed by atoms with Crippen LogP contribution in [0, 0.1) is 0 Å². The summed E-state index contributed by atoms with van der Waals surface area (Å²) >= 11 is 0. The third kappa shape index (κ3) is 4.49. The maximum Gasteiger partial charge on any atom is 0.234 e. The van der Waals surface area contributed by atoms with Gasteiger partial charge in [0.05, 0.1) is 13.1 Å². The van der Waals surface area contributed by atoms with Crippen LogP contribution in [-0.2, 0) is 11.3 Å². The van der Waals surface area contributed by atoms with Gasteiger partial charge in [0, 0.05) is 12.4 Å². The normalized spacial score (nSPS) is 18.0. The van der Waals surface area contributed by atoms with E-state index < -0.39 is 0 Å². The highest BCUT2D eigenvalue weighted by molar-refractivity contribution is 5.77. The molecule has 1 aliphatic heterocycles. The summed E-state index contributed by atoms with van der Waals surface area (Å²) in [6.07, 6.45) is 9.82. The lowest BCUT2D eigenvalue weighted by Crippen LogP contribution is -2.38. The van der Waals surface area contributed by atoms with Gasteiger partial charge in [-0.1, -0.05) is 19.3 Å². The number of carbonyl (C=O) groups excluding carboxylic acids is 1. The number of aromatic nitrogens is 2. The number of H-pyrrole nitrogens is 1. The average molecular weight is 250 g/mol. The summed E-state index contributed by atoms with van der Waals surface area (Å²) in [7, 11) is 0. The zero-order chi connectivity index (χ0) is 12.6. The summed E-state index contributed by atoms with van der Waals surface area (Å²) in [6.45, 7) is 3.10. The van der Waals surface area contributed by atoms with Gasteiger partial charge in [0.1, 0.15) is 5.82 Å². The van der Waals surface area contributed by atoms with E-state index in [2.05, 4.69) is 20.2 Å². The van der Waals surface area contributed by atoms with Crippen molar-refractivity contribution in [2.45, 2.75) is 38.6 Å². The van der Waals surface area contributed by atoms with Gasteiger partial charge in [0.2, 0.25) is 5.91 Å². The van der Waals surface area contributed by atoms with Crippen LogP contribution in [-0.4, -0.2) is 40.4 Å². The molecule has 2 heterocycles. The fraction of sp³-hybridized carbons (Fsp3) is 0.692. The highest BCUT2D eigenvalue weighted by Gasteiger charge is 2.12.